The largest absolute Gasteiger partial charge is 0.352 e. The van der Waals surface area contributed by atoms with Gasteiger partial charge in [0.2, 0.25) is 0 Å². The fourth-order valence-corrected chi connectivity index (χ4v) is 1.95. The average Bonchev–Trinajstić information content (AvgIpc) is 2.22. The Bertz CT molecular complexity index is 354. The molecule has 0 aliphatic rings. The van der Waals surface area contributed by atoms with Gasteiger partial charge in [-0.25, -0.2) is 0 Å². The van der Waals surface area contributed by atoms with Crippen molar-refractivity contribution in [1.82, 2.24) is 5.32 Å². The average molecular weight is 382 g/mol. The van der Waals surface area contributed by atoms with Crippen LogP contribution in [0.3, 0.4) is 0 Å². The van der Waals surface area contributed by atoms with Crippen LogP contribution in [0.15, 0.2) is 22.7 Å². The van der Waals surface area contributed by atoms with E-state index < -0.39 is 0 Å². The molecule has 1 N–H and O–H groups in total. The number of benzene rings is 1. The molecule has 0 radical (unpaired) electrons. The summed E-state index contributed by atoms with van der Waals surface area (Å²) in [5.74, 6) is 0.0126. The van der Waals surface area contributed by atoms with Crippen LogP contribution < -0.4 is 5.32 Å². The highest BCUT2D eigenvalue weighted by molar-refractivity contribution is 14.1. The van der Waals surface area contributed by atoms with Crippen molar-refractivity contribution in [3.8, 4) is 0 Å². The minimum atomic E-state index is 0.0126. The highest BCUT2D eigenvalue weighted by Crippen LogP contribution is 2.15. The molecule has 1 rings (SSSR count). The van der Waals surface area contributed by atoms with E-state index in [0.717, 1.165) is 33.0 Å². The highest BCUT2D eigenvalue weighted by Gasteiger charge is 2.08. The topological polar surface area (TPSA) is 29.1 Å². The predicted octanol–water partition coefficient (Wildman–Crippen LogP) is 3.31. The Labute approximate surface area is 112 Å². The van der Waals surface area contributed by atoms with Gasteiger partial charge in [0.1, 0.15) is 0 Å². The molecule has 4 heteroatoms. The standard InChI is InChI=1S/C11H13BrINO/c1-8-3-4-9(12)7-10(8)11(15)14-6-2-5-13/h3-4,7H,2,5-6H2,1H3,(H,14,15). The van der Waals surface area contributed by atoms with Gasteiger partial charge in [0.15, 0.2) is 0 Å². The third-order valence-corrected chi connectivity index (χ3v) is 3.30. The molecule has 0 unspecified atom stereocenters. The van der Waals surface area contributed by atoms with Crippen LogP contribution in [-0.2, 0) is 0 Å². The molecule has 1 aromatic carbocycles. The Morgan fingerprint density at radius 3 is 2.93 bits per heavy atom. The van der Waals surface area contributed by atoms with Gasteiger partial charge in [-0.2, -0.15) is 0 Å². The van der Waals surface area contributed by atoms with Crippen molar-refractivity contribution >= 4 is 44.4 Å². The second-order valence-corrected chi connectivity index (χ2v) is 5.25. The molecule has 0 atom stereocenters. The molecule has 0 aliphatic heterocycles. The third-order valence-electron chi connectivity index (χ3n) is 2.04. The van der Waals surface area contributed by atoms with E-state index in [4.69, 9.17) is 0 Å². The maximum atomic E-state index is 11.8. The fourth-order valence-electron chi connectivity index (χ4n) is 1.20. The number of rotatable bonds is 4. The maximum absolute atomic E-state index is 11.8. The molecule has 0 saturated heterocycles. The van der Waals surface area contributed by atoms with Gasteiger partial charge in [-0.1, -0.05) is 44.6 Å². The van der Waals surface area contributed by atoms with E-state index in [1.807, 2.05) is 25.1 Å². The second-order valence-electron chi connectivity index (χ2n) is 3.26. The first-order chi connectivity index (χ1) is 7.15. The van der Waals surface area contributed by atoms with Crippen LogP contribution in [-0.4, -0.2) is 16.9 Å². The number of halogens is 2. The molecule has 2 nitrogen and oxygen atoms in total. The lowest BCUT2D eigenvalue weighted by molar-refractivity contribution is 0.0953. The SMILES string of the molecule is Cc1ccc(Br)cc1C(=O)NCCCI. The lowest BCUT2D eigenvalue weighted by Crippen LogP contribution is -2.25. The van der Waals surface area contributed by atoms with Gasteiger partial charge < -0.3 is 5.32 Å². The maximum Gasteiger partial charge on any atom is 0.251 e. The van der Waals surface area contributed by atoms with Crippen molar-refractivity contribution in [3.63, 3.8) is 0 Å². The van der Waals surface area contributed by atoms with Crippen LogP contribution >= 0.6 is 38.5 Å². The minimum Gasteiger partial charge on any atom is -0.352 e. The normalized spacial score (nSPS) is 10.1. The zero-order valence-corrected chi connectivity index (χ0v) is 12.3. The molecule has 0 aromatic heterocycles. The van der Waals surface area contributed by atoms with Crippen molar-refractivity contribution in [2.45, 2.75) is 13.3 Å². The van der Waals surface area contributed by atoms with E-state index in [1.165, 1.54) is 0 Å². The number of aryl methyl sites for hydroxylation is 1. The fraction of sp³-hybridized carbons (Fsp3) is 0.364. The molecule has 0 aliphatic carbocycles. The van der Waals surface area contributed by atoms with Gasteiger partial charge in [0.05, 0.1) is 0 Å². The Morgan fingerprint density at radius 1 is 1.53 bits per heavy atom. The van der Waals surface area contributed by atoms with E-state index in [0.29, 0.717) is 0 Å². The van der Waals surface area contributed by atoms with E-state index in [1.54, 1.807) is 0 Å². The summed E-state index contributed by atoms with van der Waals surface area (Å²) in [6.07, 6.45) is 1.01. The predicted molar refractivity (Wildman–Crippen MR) is 74.7 cm³/mol. The third kappa shape index (κ3) is 4.10. The first-order valence-electron chi connectivity index (χ1n) is 4.75. The summed E-state index contributed by atoms with van der Waals surface area (Å²) in [5, 5.41) is 2.90. The van der Waals surface area contributed by atoms with Gasteiger partial charge in [0.25, 0.3) is 5.91 Å². The van der Waals surface area contributed by atoms with Crippen LogP contribution in [0.5, 0.6) is 0 Å². The molecular weight excluding hydrogens is 369 g/mol. The number of hydrogen-bond acceptors (Lipinski definition) is 1. The van der Waals surface area contributed by atoms with Crippen molar-refractivity contribution in [2.75, 3.05) is 11.0 Å². The minimum absolute atomic E-state index is 0.0126. The quantitative estimate of drug-likeness (QED) is 0.484. The van der Waals surface area contributed by atoms with Crippen molar-refractivity contribution in [2.24, 2.45) is 0 Å². The molecular formula is C11H13BrINO. The Kier molecular flexibility index (Phi) is 5.60. The van der Waals surface area contributed by atoms with Crippen LogP contribution in [0.25, 0.3) is 0 Å². The van der Waals surface area contributed by atoms with Crippen LogP contribution in [0, 0.1) is 6.92 Å². The zero-order chi connectivity index (χ0) is 11.3. The molecule has 0 fully saturated rings. The van der Waals surface area contributed by atoms with Gasteiger partial charge in [-0.3, -0.25) is 4.79 Å². The number of nitrogens with one attached hydrogen (secondary N) is 1. The van der Waals surface area contributed by atoms with Crippen molar-refractivity contribution in [1.29, 1.82) is 0 Å². The first-order valence-corrected chi connectivity index (χ1v) is 7.07. The second kappa shape index (κ2) is 6.48. The molecule has 0 spiro atoms. The molecule has 1 amide bonds. The summed E-state index contributed by atoms with van der Waals surface area (Å²) in [7, 11) is 0. The molecule has 82 valence electrons. The van der Waals surface area contributed by atoms with Crippen LogP contribution in [0.4, 0.5) is 0 Å². The van der Waals surface area contributed by atoms with Crippen LogP contribution in [0.2, 0.25) is 0 Å². The number of carbonyl (C=O) groups excluding carboxylic acids is 1. The van der Waals surface area contributed by atoms with E-state index >= 15 is 0 Å². The summed E-state index contributed by atoms with van der Waals surface area (Å²) in [4.78, 5) is 11.8. The molecule has 0 bridgehead atoms. The number of alkyl halides is 1. The highest BCUT2D eigenvalue weighted by atomic mass is 127. The summed E-state index contributed by atoms with van der Waals surface area (Å²) < 4.78 is 2.00. The number of amides is 1. The summed E-state index contributed by atoms with van der Waals surface area (Å²) >= 11 is 5.67. The van der Waals surface area contributed by atoms with Gasteiger partial charge in [-0.05, 0) is 31.0 Å². The number of hydrogen-bond donors (Lipinski definition) is 1. The van der Waals surface area contributed by atoms with E-state index in [2.05, 4.69) is 43.8 Å². The van der Waals surface area contributed by atoms with Crippen molar-refractivity contribution < 1.29 is 4.79 Å². The monoisotopic (exact) mass is 381 g/mol. The lowest BCUT2D eigenvalue weighted by atomic mass is 10.1. The summed E-state index contributed by atoms with van der Waals surface area (Å²) in [5.41, 5.74) is 1.75. The van der Waals surface area contributed by atoms with Gasteiger partial charge in [0, 0.05) is 21.0 Å². The Hall–Kier alpha value is -0.100. The number of carbonyl (C=O) groups is 1. The van der Waals surface area contributed by atoms with E-state index in [9.17, 15) is 4.79 Å². The van der Waals surface area contributed by atoms with Crippen molar-refractivity contribution in [3.05, 3.63) is 33.8 Å². The molecule has 1 aromatic rings. The summed E-state index contributed by atoms with van der Waals surface area (Å²) in [6, 6.07) is 5.74. The van der Waals surface area contributed by atoms with Gasteiger partial charge >= 0.3 is 0 Å². The molecule has 0 saturated carbocycles. The zero-order valence-electron chi connectivity index (χ0n) is 8.52. The smallest absolute Gasteiger partial charge is 0.251 e. The summed E-state index contributed by atoms with van der Waals surface area (Å²) in [6.45, 7) is 2.69. The Balaban J connectivity index is 2.68. The van der Waals surface area contributed by atoms with E-state index in [-0.39, 0.29) is 5.91 Å². The Morgan fingerprint density at radius 2 is 2.27 bits per heavy atom. The van der Waals surface area contributed by atoms with Crippen LogP contribution in [0.1, 0.15) is 22.3 Å². The first kappa shape index (κ1) is 13.0. The molecule has 15 heavy (non-hydrogen) atoms. The molecule has 0 heterocycles. The lowest BCUT2D eigenvalue weighted by Gasteiger charge is -2.07. The van der Waals surface area contributed by atoms with Gasteiger partial charge in [-0.15, -0.1) is 0 Å².